The largest absolute Gasteiger partial charge is 0.508 e. The van der Waals surface area contributed by atoms with Gasteiger partial charge in [-0.1, -0.05) is 102 Å². The van der Waals surface area contributed by atoms with Crippen LogP contribution >= 0.6 is 23.1 Å². The predicted molar refractivity (Wildman–Crippen MR) is 490 cm³/mol. The number of unbranched alkanes of at least 4 members (excludes halogenated alkanes) is 2. The minimum absolute atomic E-state index is 0.00745. The SMILES string of the molecule is CCCC[C@H]1C(=O)N(C)[C@@H](CCCC)C(=O)N[C@@H](CC(C)C)C(=O)N[C@H](C(=O)NCC(=O)O)CSCC(=O)N[C@@H](Cc2ccc(O)cc2)c2nnnn2[C@@H](C)C(=O)N[C@@H](CC(N)=O)C(=O)N2CCC[C@H]2C(=O)NC(Cc2c[nH]cn2)C(=O)N[C@@H](CCC(N)=O)C(=O)N2C[C@H](O)C[C@H]2C(=O)N[C@@H](Cc2c[nH]c3ccccc23)C(=O)N[C@@H](CO)C(=O)N[C@@H](Cc2csc3ccccc23)C(=O)N1C. The Hall–Kier alpha value is -13.5. The lowest BCUT2D eigenvalue weighted by Crippen LogP contribution is -2.61. The molecular weight excluding hydrogens is 1790 g/mol. The van der Waals surface area contributed by atoms with E-state index < -0.39 is 254 Å². The number of carbonyl (C=O) groups excluding carboxylic acids is 16. The number of aromatic nitrogens is 7. The predicted octanol–water partition coefficient (Wildman–Crippen LogP) is -1.52. The number of benzene rings is 3. The number of H-pyrrole nitrogens is 2. The van der Waals surface area contributed by atoms with Gasteiger partial charge in [-0.25, -0.2) is 9.67 Å². The Morgan fingerprint density at radius 2 is 1.21 bits per heavy atom. The van der Waals surface area contributed by atoms with Gasteiger partial charge in [0.1, 0.15) is 90.8 Å². The van der Waals surface area contributed by atoms with Gasteiger partial charge >= 0.3 is 5.97 Å². The summed E-state index contributed by atoms with van der Waals surface area (Å²) in [5.74, 6) is -18.4. The van der Waals surface area contributed by atoms with Crippen molar-refractivity contribution in [3.8, 4) is 5.75 Å². The van der Waals surface area contributed by atoms with Crippen molar-refractivity contribution in [1.29, 1.82) is 0 Å². The molecule has 46 heteroatoms. The Morgan fingerprint density at radius 3 is 1.88 bits per heavy atom. The molecule has 0 spiro atoms. The number of hydrogen-bond donors (Lipinski definition) is 18. The molecule has 3 aromatic carbocycles. The molecule has 15 atom stereocenters. The van der Waals surface area contributed by atoms with Crippen LogP contribution in [0.3, 0.4) is 0 Å². The number of nitrogens with two attached hydrogens (primary N) is 2. The fraction of sp³-hybridized carbons (Fsp3) is 0.517. The Balaban J connectivity index is 1.02. The van der Waals surface area contributed by atoms with E-state index in [0.717, 1.165) is 35.8 Å². The number of thioether (sulfide) groups is 1. The maximum atomic E-state index is 15.7. The number of carboxylic acid groups (broad SMARTS) is 1. The zero-order chi connectivity index (χ0) is 98.0. The summed E-state index contributed by atoms with van der Waals surface area (Å²) >= 11 is 2.15. The molecule has 3 aliphatic rings. The summed E-state index contributed by atoms with van der Waals surface area (Å²) in [4.78, 5) is 263. The number of carboxylic acids is 1. The molecule has 0 radical (unpaired) electrons. The minimum Gasteiger partial charge on any atom is -0.508 e. The molecule has 135 heavy (non-hydrogen) atoms. The number of nitrogens with one attached hydrogen (secondary N) is 12. The number of carbonyl (C=O) groups is 17. The van der Waals surface area contributed by atoms with Gasteiger partial charge in [-0.05, 0) is 114 Å². The van der Waals surface area contributed by atoms with Crippen LogP contribution in [0.1, 0.15) is 158 Å². The summed E-state index contributed by atoms with van der Waals surface area (Å²) in [7, 11) is 2.72. The van der Waals surface area contributed by atoms with Crippen molar-refractivity contribution in [2.45, 2.75) is 234 Å². The van der Waals surface area contributed by atoms with Crippen LogP contribution in [0.15, 0.2) is 96.9 Å². The number of phenols is 1. The molecule has 7 aromatic rings. The van der Waals surface area contributed by atoms with E-state index in [2.05, 4.69) is 83.6 Å². The van der Waals surface area contributed by atoms with Crippen molar-refractivity contribution >= 4 is 145 Å². The number of imidazole rings is 1. The zero-order valence-electron chi connectivity index (χ0n) is 76.0. The molecule has 1 unspecified atom stereocenters. The summed E-state index contributed by atoms with van der Waals surface area (Å²) in [6.45, 7) is 5.78. The lowest BCUT2D eigenvalue weighted by atomic mass is 9.99. The maximum Gasteiger partial charge on any atom is 0.322 e. The Labute approximate surface area is 785 Å². The van der Waals surface area contributed by atoms with E-state index in [-0.39, 0.29) is 81.1 Å². The molecule has 2 fully saturated rings. The van der Waals surface area contributed by atoms with Crippen LogP contribution in [-0.4, -0.2) is 306 Å². The first-order valence-corrected chi connectivity index (χ1v) is 46.8. The second kappa shape index (κ2) is 48.9. The molecule has 16 amide bonds. The number of likely N-dealkylation sites (N-methyl/N-ethyl adjacent to an activating group) is 2. The molecule has 0 bridgehead atoms. The topological polar surface area (TPSA) is 644 Å². The average molecular weight is 1910 g/mol. The van der Waals surface area contributed by atoms with Gasteiger partial charge in [-0.15, -0.1) is 28.2 Å². The van der Waals surface area contributed by atoms with E-state index in [1.807, 2.05) is 32.0 Å². The monoisotopic (exact) mass is 1910 g/mol. The molecule has 2 saturated heterocycles. The lowest BCUT2D eigenvalue weighted by Gasteiger charge is -2.36. The van der Waals surface area contributed by atoms with Gasteiger partial charge in [0.15, 0.2) is 5.82 Å². The van der Waals surface area contributed by atoms with Gasteiger partial charge in [0.2, 0.25) is 94.5 Å². The number of phenolic OH excluding ortho intramolecular Hbond substituents is 1. The number of hydrogen-bond acceptors (Lipinski definition) is 26. The van der Waals surface area contributed by atoms with Crippen LogP contribution < -0.4 is 64.6 Å². The lowest BCUT2D eigenvalue weighted by molar-refractivity contribution is -0.149. The standard InChI is InChI=1S/C89H119N23O21S2/c1-8-10-20-67-83(127)98-60(31-47(3)4)79(123)104-66(78(122)94-40-75(119)120)44-134-45-74(118)96-59(32-49-24-26-53(114)27-25-49)76-105-106-107-112(76)48(5)77(121)101-64(37-73(91)117)88(132)110-30-16-22-68(110)84(128)100-62(35-52-39-92-46-95-52)81(125)97-58(28-29-72(90)116)87(131)111-41-54(115)36-70(111)85(129)99-61(33-50-38-93-57-19-14-12-17-55(50)57)80(124)103-65(42-113)82(126)102-63(34-51-43-135-71-23-15-13-18-56(51)71)86(130)109(7)69(21-11-9-2)89(133)108(67)6/h12-15,17-19,23-27,38-39,43,46-48,54,58-70,93,113-115H,8-11,16,20-22,28-37,40-42,44-45H2,1-7H3,(H2,90,116)(H2,91,117)(H,92,95)(H,94,122)(H,96,118)(H,97,125)(H,98,127)(H,99,129)(H,100,128)(H,101,121)(H,102,126)(H,103,124)(H,104,123)(H,119,120)/t48-,54+,58-,59-,60-,61-,62?,63-,64-,65-,66-,67-,68-,69-,70-/m0/s1. The number of amides is 16. The number of rotatable bonds is 25. The van der Waals surface area contributed by atoms with Gasteiger partial charge < -0.3 is 115 Å². The number of aromatic hydroxyl groups is 1. The second-order valence-electron chi connectivity index (χ2n) is 34.3. The highest BCUT2D eigenvalue weighted by Gasteiger charge is 2.47. The van der Waals surface area contributed by atoms with Gasteiger partial charge in [-0.3, -0.25) is 81.5 Å². The van der Waals surface area contributed by atoms with Gasteiger partial charge in [-0.2, -0.15) is 0 Å². The molecule has 7 heterocycles. The number of primary amides is 2. The first kappa shape index (κ1) is 104. The van der Waals surface area contributed by atoms with Crippen LogP contribution in [0.25, 0.3) is 21.0 Å². The summed E-state index contributed by atoms with van der Waals surface area (Å²) in [6, 6.07) is -2.05. The van der Waals surface area contributed by atoms with Gasteiger partial charge in [0.05, 0.1) is 42.9 Å². The van der Waals surface area contributed by atoms with Crippen molar-refractivity contribution in [2.75, 3.05) is 51.8 Å². The molecule has 20 N–H and O–H groups in total. The Morgan fingerprint density at radius 1 is 0.607 bits per heavy atom. The van der Waals surface area contributed by atoms with Gasteiger partial charge in [0.25, 0.3) is 0 Å². The van der Waals surface area contributed by atoms with E-state index in [1.54, 1.807) is 55.8 Å². The Bertz CT molecular complexity index is 5400. The minimum atomic E-state index is -1.91. The molecule has 4 aromatic heterocycles. The van der Waals surface area contributed by atoms with Crippen molar-refractivity contribution < 1.29 is 102 Å². The third-order valence-electron chi connectivity index (χ3n) is 23.8. The van der Waals surface area contributed by atoms with Crippen molar-refractivity contribution in [1.82, 2.24) is 108 Å². The van der Waals surface area contributed by atoms with E-state index >= 15 is 38.4 Å². The third kappa shape index (κ3) is 28.1. The van der Waals surface area contributed by atoms with Crippen molar-refractivity contribution in [2.24, 2.45) is 17.4 Å². The van der Waals surface area contributed by atoms with Crippen molar-refractivity contribution in [3.63, 3.8) is 0 Å². The van der Waals surface area contributed by atoms with Crippen molar-refractivity contribution in [3.05, 3.63) is 125 Å². The second-order valence-corrected chi connectivity index (χ2v) is 36.3. The average Bonchev–Trinajstić information content (AvgIpc) is 1.73. The fourth-order valence-corrected chi connectivity index (χ4v) is 18.5. The molecule has 44 nitrogen and oxygen atoms in total. The molecule has 728 valence electrons. The molecular formula is C89H119N23O21S2. The smallest absolute Gasteiger partial charge is 0.322 e. The molecule has 0 aliphatic carbocycles. The van der Waals surface area contributed by atoms with E-state index in [0.29, 0.717) is 58.7 Å². The Kier molecular flexibility index (Phi) is 37.6. The third-order valence-corrected chi connectivity index (χ3v) is 25.9. The summed E-state index contributed by atoms with van der Waals surface area (Å²) in [5.41, 5.74) is 13.7. The number of aliphatic hydroxyl groups excluding tert-OH is 2. The van der Waals surface area contributed by atoms with Crippen LogP contribution in [-0.2, 0) is 107 Å². The quantitative estimate of drug-likeness (QED) is 0.0309. The maximum absolute atomic E-state index is 15.7. The number of nitrogens with zero attached hydrogens (tertiary/aromatic N) is 9. The molecule has 3 aliphatic heterocycles. The number of thiophene rings is 1. The van der Waals surface area contributed by atoms with Crippen LogP contribution in [0.5, 0.6) is 5.75 Å². The molecule has 10 rings (SSSR count). The molecule has 0 saturated carbocycles. The normalized spacial score (nSPS) is 24.6. The highest BCUT2D eigenvalue weighted by molar-refractivity contribution is 8.00. The first-order chi connectivity index (χ1) is 64.4. The van der Waals surface area contributed by atoms with E-state index in [9.17, 15) is 63.6 Å². The first-order valence-electron chi connectivity index (χ1n) is 44.8. The highest BCUT2D eigenvalue weighted by atomic mass is 32.2. The van der Waals surface area contributed by atoms with Crippen LogP contribution in [0.4, 0.5) is 0 Å². The van der Waals surface area contributed by atoms with Crippen LogP contribution in [0.2, 0.25) is 0 Å². The summed E-state index contributed by atoms with van der Waals surface area (Å²) < 4.78 is 1.82. The van der Waals surface area contributed by atoms with Crippen LogP contribution in [0, 0.1) is 5.92 Å². The van der Waals surface area contributed by atoms with E-state index in [1.165, 1.54) is 74.0 Å². The summed E-state index contributed by atoms with van der Waals surface area (Å²) in [5, 5.41) is 84.2. The zero-order valence-corrected chi connectivity index (χ0v) is 77.6. The fourth-order valence-electron chi connectivity index (χ4n) is 16.6. The number of fused-ring (bicyclic) bond motifs is 5. The number of aliphatic hydroxyl groups is 2. The summed E-state index contributed by atoms with van der Waals surface area (Å²) in [6.07, 6.45) is 1.06. The number of para-hydroxylation sites is 1. The number of aliphatic carboxylic acids is 1. The van der Waals surface area contributed by atoms with E-state index in [4.69, 9.17) is 11.5 Å². The highest BCUT2D eigenvalue weighted by Crippen LogP contribution is 2.31. The van der Waals surface area contributed by atoms with Gasteiger partial charge in [0, 0.05) is 99.5 Å². The number of tetrazole rings is 1. The number of aromatic amines is 2.